The number of esters is 2. The van der Waals surface area contributed by atoms with Crippen LogP contribution < -0.4 is 0 Å². The maximum Gasteiger partial charge on any atom is 0.472 e. The summed E-state index contributed by atoms with van der Waals surface area (Å²) >= 11 is 0. The third kappa shape index (κ3) is 32.0. The Kier molecular flexibility index (Phi) is 33.3. The second kappa shape index (κ2) is 35.5. The van der Waals surface area contributed by atoms with Crippen molar-refractivity contribution >= 4 is 27.6 Å². The Morgan fingerprint density at radius 2 is 1.19 bits per heavy atom. The van der Waals surface area contributed by atoms with Crippen molar-refractivity contribution in [1.29, 1.82) is 0 Å². The molecule has 0 aromatic heterocycles. The predicted molar refractivity (Wildman–Crippen MR) is 237 cm³/mol. The minimum Gasteiger partial charge on any atom is -0.462 e. The molecule has 362 valence electrons. The van der Waals surface area contributed by atoms with E-state index < -0.39 is 84.5 Å². The van der Waals surface area contributed by atoms with E-state index in [1.54, 1.807) is 6.08 Å². The molecule has 1 unspecified atom stereocenters. The molecule has 16 nitrogen and oxygen atoms in total. The van der Waals surface area contributed by atoms with Crippen LogP contribution in [0.2, 0.25) is 0 Å². The number of hydrogen-bond donors (Lipinski definition) is 7. The topological polar surface area (TPSA) is 256 Å². The zero-order valence-corrected chi connectivity index (χ0v) is 39.1. The molecule has 0 aromatic carbocycles. The average molecular weight is 927 g/mol. The molecule has 18 heteroatoms. The van der Waals surface area contributed by atoms with Gasteiger partial charge < -0.3 is 44.6 Å². The average Bonchev–Trinajstić information content (AvgIpc) is 3.49. The number of allylic oxidation sites excluding steroid dienone is 4. The molecular formula is C44H80O16P2. The first-order valence-corrected chi connectivity index (χ1v) is 26.0. The van der Waals surface area contributed by atoms with Gasteiger partial charge in [0.25, 0.3) is 0 Å². The van der Waals surface area contributed by atoms with Crippen LogP contribution in [0.15, 0.2) is 36.5 Å². The summed E-state index contributed by atoms with van der Waals surface area (Å²) in [7, 11) is -9.76. The Bertz CT molecular complexity index is 1350. The summed E-state index contributed by atoms with van der Waals surface area (Å²) in [4.78, 5) is 52.9. The van der Waals surface area contributed by atoms with Crippen molar-refractivity contribution in [3.63, 3.8) is 0 Å². The third-order valence-electron chi connectivity index (χ3n) is 10.6. The lowest BCUT2D eigenvalue weighted by Crippen LogP contribution is -2.30. The number of carbonyl (C=O) groups is 2. The molecule has 0 heterocycles. The van der Waals surface area contributed by atoms with Crippen LogP contribution in [0, 0.1) is 11.8 Å². The summed E-state index contributed by atoms with van der Waals surface area (Å²) in [5, 5.41) is 41.1. The van der Waals surface area contributed by atoms with Gasteiger partial charge >= 0.3 is 27.6 Å². The highest BCUT2D eigenvalue weighted by atomic mass is 31.2. The molecule has 8 atom stereocenters. The van der Waals surface area contributed by atoms with E-state index >= 15 is 0 Å². The molecule has 0 bridgehead atoms. The van der Waals surface area contributed by atoms with E-state index in [1.807, 2.05) is 18.2 Å². The number of ether oxygens (including phenoxy) is 2. The molecule has 1 aliphatic rings. The van der Waals surface area contributed by atoms with Crippen molar-refractivity contribution < 1.29 is 76.9 Å². The fourth-order valence-electron chi connectivity index (χ4n) is 6.98. The molecule has 0 radical (unpaired) electrons. The summed E-state index contributed by atoms with van der Waals surface area (Å²) in [5.74, 6) is -1.71. The second-order valence-corrected chi connectivity index (χ2v) is 19.0. The summed E-state index contributed by atoms with van der Waals surface area (Å²) in [5.41, 5.74) is 0. The predicted octanol–water partition coefficient (Wildman–Crippen LogP) is 8.05. The number of rotatable bonds is 39. The largest absolute Gasteiger partial charge is 0.472 e. The van der Waals surface area contributed by atoms with E-state index in [0.717, 1.165) is 70.6 Å². The lowest BCUT2D eigenvalue weighted by atomic mass is 9.89. The normalized spacial score (nSPS) is 20.9. The molecule has 0 spiro atoms. The highest BCUT2D eigenvalue weighted by Gasteiger charge is 2.39. The molecule has 7 N–H and O–H groups in total. The summed E-state index contributed by atoms with van der Waals surface area (Å²) in [6, 6.07) is 0. The van der Waals surface area contributed by atoms with Gasteiger partial charge in [-0.2, -0.15) is 0 Å². The van der Waals surface area contributed by atoms with Gasteiger partial charge in [0.15, 0.2) is 6.10 Å². The monoisotopic (exact) mass is 926 g/mol. The fraction of sp³-hybridized carbons (Fsp3) is 0.818. The lowest BCUT2D eigenvalue weighted by molar-refractivity contribution is -0.161. The minimum absolute atomic E-state index is 0.0178. The number of phosphoric ester groups is 2. The number of aliphatic hydroxyl groups is 4. The first-order chi connectivity index (χ1) is 29.6. The van der Waals surface area contributed by atoms with E-state index in [4.69, 9.17) is 23.8 Å². The summed E-state index contributed by atoms with van der Waals surface area (Å²) < 4.78 is 47.8. The van der Waals surface area contributed by atoms with Crippen LogP contribution in [0.5, 0.6) is 0 Å². The molecule has 1 saturated carbocycles. The van der Waals surface area contributed by atoms with Gasteiger partial charge in [0, 0.05) is 25.2 Å². The molecule has 1 fully saturated rings. The standard InChI is InChI=1S/C44H80O16P2/c1-3-5-7-8-9-10-11-12-13-14-15-16-17-18-24-28-44(50)60-38(35-59-62(54,55)58-33-37(46)32-57-61(51,52)53)34-56-43(49)27-23-20-19-22-26-39-40(42(48)31-41(39)47)30-29-36(45)25-21-6-4-2/h10-11,19,22,29-30,36-42,45-48H,3-9,12-18,20-21,23-28,31-35H2,1-2H3,(H,54,55)(H2,51,52,53)/b11-10-,22-19+,30-29+/t36-,37-,38+,39+,40+,41-,42+/m0/s1. The van der Waals surface area contributed by atoms with Crippen LogP contribution in [-0.4, -0.2) is 104 Å². The number of hydrogen-bond acceptors (Lipinski definition) is 13. The van der Waals surface area contributed by atoms with Gasteiger partial charge in [0.2, 0.25) is 0 Å². The van der Waals surface area contributed by atoms with Gasteiger partial charge in [0.05, 0.1) is 38.1 Å². The van der Waals surface area contributed by atoms with E-state index in [-0.39, 0.29) is 31.1 Å². The summed E-state index contributed by atoms with van der Waals surface area (Å²) in [6.45, 7) is 1.37. The van der Waals surface area contributed by atoms with Crippen LogP contribution >= 0.6 is 15.6 Å². The highest BCUT2D eigenvalue weighted by Crippen LogP contribution is 2.44. The van der Waals surface area contributed by atoms with Crippen LogP contribution in [-0.2, 0) is 41.8 Å². The van der Waals surface area contributed by atoms with Crippen molar-refractivity contribution in [1.82, 2.24) is 0 Å². The number of phosphoric acid groups is 2. The van der Waals surface area contributed by atoms with Crippen molar-refractivity contribution in [2.75, 3.05) is 26.4 Å². The van der Waals surface area contributed by atoms with Crippen molar-refractivity contribution in [2.45, 2.75) is 192 Å². The molecule has 0 aromatic rings. The first kappa shape index (κ1) is 58.2. The van der Waals surface area contributed by atoms with Crippen LogP contribution in [0.3, 0.4) is 0 Å². The second-order valence-electron chi connectivity index (χ2n) is 16.3. The number of carbonyl (C=O) groups excluding carboxylic acids is 2. The van der Waals surface area contributed by atoms with Gasteiger partial charge in [-0.1, -0.05) is 121 Å². The maximum atomic E-state index is 12.7. The van der Waals surface area contributed by atoms with E-state index in [1.165, 1.54) is 25.7 Å². The Balaban J connectivity index is 2.56. The fourth-order valence-corrected chi connectivity index (χ4v) is 8.14. The number of aliphatic hydroxyl groups excluding tert-OH is 4. The van der Waals surface area contributed by atoms with Crippen LogP contribution in [0.25, 0.3) is 0 Å². The van der Waals surface area contributed by atoms with Crippen molar-refractivity contribution in [3.05, 3.63) is 36.5 Å². The molecule has 62 heavy (non-hydrogen) atoms. The smallest absolute Gasteiger partial charge is 0.462 e. The summed E-state index contributed by atoms with van der Waals surface area (Å²) in [6.07, 6.45) is 26.6. The lowest BCUT2D eigenvalue weighted by Gasteiger charge is -2.20. The van der Waals surface area contributed by atoms with Gasteiger partial charge in [0.1, 0.15) is 12.7 Å². The van der Waals surface area contributed by atoms with Crippen LogP contribution in [0.4, 0.5) is 0 Å². The molecule has 0 saturated heterocycles. The van der Waals surface area contributed by atoms with Gasteiger partial charge in [-0.25, -0.2) is 9.13 Å². The quantitative estimate of drug-likeness (QED) is 0.0133. The van der Waals surface area contributed by atoms with E-state index in [9.17, 15) is 44.0 Å². The Morgan fingerprint density at radius 1 is 0.645 bits per heavy atom. The Morgan fingerprint density at radius 3 is 1.85 bits per heavy atom. The zero-order chi connectivity index (χ0) is 46.1. The highest BCUT2D eigenvalue weighted by molar-refractivity contribution is 7.47. The van der Waals surface area contributed by atoms with Crippen molar-refractivity contribution in [3.8, 4) is 0 Å². The van der Waals surface area contributed by atoms with Gasteiger partial charge in [-0.05, 0) is 63.7 Å². The minimum atomic E-state index is -4.89. The van der Waals surface area contributed by atoms with E-state index in [0.29, 0.717) is 32.1 Å². The Labute approximate surface area is 370 Å². The van der Waals surface area contributed by atoms with E-state index in [2.05, 4.69) is 35.0 Å². The first-order valence-electron chi connectivity index (χ1n) is 22.9. The molecule has 1 rings (SSSR count). The molecule has 0 aliphatic heterocycles. The SMILES string of the molecule is CCCCCC/C=C\CCCCCCCCCC(=O)O[C@H](COC(=O)CCC/C=C/C[C@@H]1[C@@H](/C=C/[C@@H](O)CCCCC)[C@H](O)C[C@@H]1O)COP(=O)(O)OC[C@@H](O)COP(=O)(O)O. The van der Waals surface area contributed by atoms with Crippen LogP contribution in [0.1, 0.15) is 162 Å². The van der Waals surface area contributed by atoms with Gasteiger partial charge in [-0.3, -0.25) is 23.2 Å². The Hall–Kier alpha value is -1.78. The molecule has 1 aliphatic carbocycles. The molecule has 0 amide bonds. The van der Waals surface area contributed by atoms with Crippen molar-refractivity contribution in [2.24, 2.45) is 11.8 Å². The van der Waals surface area contributed by atoms with Gasteiger partial charge in [-0.15, -0.1) is 0 Å². The zero-order valence-electron chi connectivity index (χ0n) is 37.3. The third-order valence-corrected chi connectivity index (χ3v) is 12.0. The molecular weight excluding hydrogens is 846 g/mol. The number of unbranched alkanes of at least 4 members (excludes halogenated alkanes) is 14. The maximum absolute atomic E-state index is 12.7.